The first kappa shape index (κ1) is 10.2. The lowest BCUT2D eigenvalue weighted by atomic mass is 10.0. The maximum absolute atomic E-state index is 5.97. The fraction of sp³-hybridized carbons (Fsp3) is 0.385. The molecule has 15 heavy (non-hydrogen) atoms. The normalized spacial score (nSPS) is 13.3. The second kappa shape index (κ2) is 3.70. The maximum Gasteiger partial charge on any atom is 0.0481 e. The molecule has 0 amide bonds. The van der Waals surface area contributed by atoms with E-state index in [9.17, 15) is 0 Å². The highest BCUT2D eigenvalue weighted by atomic mass is 14.9. The van der Waals surface area contributed by atoms with Crippen molar-refractivity contribution in [3.63, 3.8) is 0 Å². The molecule has 1 unspecified atom stereocenters. The molecular weight excluding hydrogens is 184 g/mol. The number of rotatable bonds is 2. The topological polar surface area (TPSA) is 30.9 Å². The number of aryl methyl sites for hydroxylation is 2. The van der Waals surface area contributed by atoms with E-state index in [2.05, 4.69) is 42.9 Å². The molecule has 0 saturated heterocycles. The van der Waals surface area contributed by atoms with Crippen LogP contribution in [0, 0.1) is 0 Å². The van der Waals surface area contributed by atoms with Crippen LogP contribution >= 0.6 is 0 Å². The van der Waals surface area contributed by atoms with Crippen LogP contribution in [-0.2, 0) is 13.5 Å². The van der Waals surface area contributed by atoms with E-state index in [1.165, 1.54) is 22.0 Å². The van der Waals surface area contributed by atoms with E-state index in [0.717, 1.165) is 6.42 Å². The lowest BCUT2D eigenvalue weighted by molar-refractivity contribution is 0.815. The Morgan fingerprint density at radius 2 is 2.13 bits per heavy atom. The van der Waals surface area contributed by atoms with Crippen LogP contribution < -0.4 is 5.73 Å². The number of aromatic nitrogens is 1. The minimum absolute atomic E-state index is 0.0980. The highest BCUT2D eigenvalue weighted by Gasteiger charge is 2.09. The van der Waals surface area contributed by atoms with Gasteiger partial charge in [0.05, 0.1) is 0 Å². The molecule has 2 heteroatoms. The van der Waals surface area contributed by atoms with Crippen LogP contribution in [0.25, 0.3) is 10.9 Å². The molecule has 1 atom stereocenters. The zero-order valence-electron chi connectivity index (χ0n) is 9.62. The summed E-state index contributed by atoms with van der Waals surface area (Å²) in [5.74, 6) is 0. The molecule has 80 valence electrons. The van der Waals surface area contributed by atoms with Gasteiger partial charge in [0.25, 0.3) is 0 Å². The van der Waals surface area contributed by atoms with Gasteiger partial charge in [-0.15, -0.1) is 0 Å². The minimum Gasteiger partial charge on any atom is -0.350 e. The van der Waals surface area contributed by atoms with Gasteiger partial charge in [0.1, 0.15) is 0 Å². The van der Waals surface area contributed by atoms with E-state index in [4.69, 9.17) is 5.73 Å². The lowest BCUT2D eigenvalue weighted by Gasteiger charge is -2.03. The van der Waals surface area contributed by atoms with Crippen LogP contribution in [-0.4, -0.2) is 4.57 Å². The second-order valence-corrected chi connectivity index (χ2v) is 4.19. The molecule has 1 aromatic carbocycles. The molecule has 1 heterocycles. The highest BCUT2D eigenvalue weighted by Crippen LogP contribution is 2.25. The third-order valence-corrected chi connectivity index (χ3v) is 2.98. The van der Waals surface area contributed by atoms with E-state index in [0.29, 0.717) is 0 Å². The summed E-state index contributed by atoms with van der Waals surface area (Å²) in [6.45, 7) is 4.21. The quantitative estimate of drug-likeness (QED) is 0.797. The average molecular weight is 202 g/mol. The van der Waals surface area contributed by atoms with E-state index >= 15 is 0 Å². The summed E-state index contributed by atoms with van der Waals surface area (Å²) in [5, 5.41) is 1.30. The first-order chi connectivity index (χ1) is 7.13. The van der Waals surface area contributed by atoms with Crippen LogP contribution in [0.1, 0.15) is 31.0 Å². The molecule has 2 rings (SSSR count). The maximum atomic E-state index is 5.97. The third-order valence-electron chi connectivity index (χ3n) is 2.98. The van der Waals surface area contributed by atoms with Crippen molar-refractivity contribution in [3.8, 4) is 0 Å². The van der Waals surface area contributed by atoms with Crippen LogP contribution in [0.3, 0.4) is 0 Å². The zero-order valence-corrected chi connectivity index (χ0v) is 9.62. The van der Waals surface area contributed by atoms with Gasteiger partial charge in [-0.1, -0.05) is 13.0 Å². The Kier molecular flexibility index (Phi) is 2.53. The third kappa shape index (κ3) is 1.65. The Morgan fingerprint density at radius 3 is 2.73 bits per heavy atom. The van der Waals surface area contributed by atoms with Crippen LogP contribution in [0.4, 0.5) is 0 Å². The molecule has 2 nitrogen and oxygen atoms in total. The number of hydrogen-bond acceptors (Lipinski definition) is 1. The van der Waals surface area contributed by atoms with Gasteiger partial charge >= 0.3 is 0 Å². The highest BCUT2D eigenvalue weighted by molar-refractivity contribution is 5.85. The van der Waals surface area contributed by atoms with Gasteiger partial charge in [-0.05, 0) is 36.6 Å². The van der Waals surface area contributed by atoms with Gasteiger partial charge in [-0.25, -0.2) is 0 Å². The van der Waals surface area contributed by atoms with Gasteiger partial charge in [-0.2, -0.15) is 0 Å². The molecule has 2 N–H and O–H groups in total. The largest absolute Gasteiger partial charge is 0.350 e. The summed E-state index contributed by atoms with van der Waals surface area (Å²) in [7, 11) is 2.07. The fourth-order valence-corrected chi connectivity index (χ4v) is 2.05. The van der Waals surface area contributed by atoms with E-state index in [-0.39, 0.29) is 6.04 Å². The van der Waals surface area contributed by atoms with Crippen molar-refractivity contribution >= 4 is 10.9 Å². The molecule has 0 aliphatic carbocycles. The number of benzene rings is 1. The summed E-state index contributed by atoms with van der Waals surface area (Å²) < 4.78 is 2.15. The molecule has 1 aromatic heterocycles. The molecule has 0 bridgehead atoms. The molecule has 0 saturated carbocycles. The first-order valence-electron chi connectivity index (χ1n) is 5.47. The Hall–Kier alpha value is -1.28. The molecule has 2 aromatic rings. The molecule has 0 aliphatic heterocycles. The first-order valence-corrected chi connectivity index (χ1v) is 5.47. The van der Waals surface area contributed by atoms with E-state index < -0.39 is 0 Å². The summed E-state index contributed by atoms with van der Waals surface area (Å²) in [6, 6.07) is 6.72. The van der Waals surface area contributed by atoms with Crippen molar-refractivity contribution in [1.82, 2.24) is 4.57 Å². The molecule has 0 fully saturated rings. The average Bonchev–Trinajstić information content (AvgIpc) is 2.56. The SMILES string of the molecule is CCc1ccc2c(c1)c(C(C)N)cn2C. The zero-order chi connectivity index (χ0) is 11.0. The van der Waals surface area contributed by atoms with Crippen LogP contribution in [0.15, 0.2) is 24.4 Å². The van der Waals surface area contributed by atoms with Gasteiger partial charge in [0, 0.05) is 30.2 Å². The predicted molar refractivity (Wildman–Crippen MR) is 64.9 cm³/mol. The smallest absolute Gasteiger partial charge is 0.0481 e. The fourth-order valence-electron chi connectivity index (χ4n) is 2.05. The van der Waals surface area contributed by atoms with Crippen molar-refractivity contribution in [2.24, 2.45) is 12.8 Å². The monoisotopic (exact) mass is 202 g/mol. The summed E-state index contributed by atoms with van der Waals surface area (Å²) >= 11 is 0. The molecule has 0 spiro atoms. The number of hydrogen-bond donors (Lipinski definition) is 1. The van der Waals surface area contributed by atoms with Gasteiger partial charge < -0.3 is 10.3 Å². The standard InChI is InChI=1S/C13H18N2/c1-4-10-5-6-13-11(7-10)12(9(2)14)8-15(13)3/h5-9H,4,14H2,1-3H3. The predicted octanol–water partition coefficient (Wildman–Crippen LogP) is 2.76. The lowest BCUT2D eigenvalue weighted by Crippen LogP contribution is -2.03. The van der Waals surface area contributed by atoms with Crippen molar-refractivity contribution in [2.45, 2.75) is 26.3 Å². The Balaban J connectivity index is 2.71. The summed E-state index contributed by atoms with van der Waals surface area (Å²) in [4.78, 5) is 0. The van der Waals surface area contributed by atoms with Gasteiger partial charge in [0.2, 0.25) is 0 Å². The van der Waals surface area contributed by atoms with Gasteiger partial charge in [0.15, 0.2) is 0 Å². The van der Waals surface area contributed by atoms with Crippen molar-refractivity contribution < 1.29 is 0 Å². The Bertz CT molecular complexity index is 480. The summed E-state index contributed by atoms with van der Waals surface area (Å²) in [5.41, 5.74) is 9.84. The number of nitrogens with zero attached hydrogens (tertiary/aromatic N) is 1. The van der Waals surface area contributed by atoms with E-state index in [1.807, 2.05) is 6.92 Å². The van der Waals surface area contributed by atoms with Crippen LogP contribution in [0.2, 0.25) is 0 Å². The Morgan fingerprint density at radius 1 is 1.40 bits per heavy atom. The van der Waals surface area contributed by atoms with Crippen LogP contribution in [0.5, 0.6) is 0 Å². The molecule has 0 radical (unpaired) electrons. The number of fused-ring (bicyclic) bond motifs is 1. The number of nitrogens with two attached hydrogens (primary N) is 1. The summed E-state index contributed by atoms with van der Waals surface area (Å²) in [6.07, 6.45) is 3.21. The van der Waals surface area contributed by atoms with Crippen molar-refractivity contribution in [3.05, 3.63) is 35.5 Å². The van der Waals surface area contributed by atoms with E-state index in [1.54, 1.807) is 0 Å². The van der Waals surface area contributed by atoms with Gasteiger partial charge in [-0.3, -0.25) is 0 Å². The molecular formula is C13H18N2. The molecule has 0 aliphatic rings. The van der Waals surface area contributed by atoms with Crippen molar-refractivity contribution in [2.75, 3.05) is 0 Å². The van der Waals surface area contributed by atoms with Crippen molar-refractivity contribution in [1.29, 1.82) is 0 Å². The second-order valence-electron chi connectivity index (χ2n) is 4.19. The Labute approximate surface area is 90.7 Å². The minimum atomic E-state index is 0.0980.